The van der Waals surface area contributed by atoms with Gasteiger partial charge in [0.25, 0.3) is 0 Å². The Morgan fingerprint density at radius 1 is 0.508 bits per heavy atom. The molecule has 1 aliphatic rings. The second-order valence-corrected chi connectivity index (χ2v) is 28.5. The third kappa shape index (κ3) is 21.1. The predicted octanol–water partition coefficient (Wildman–Crippen LogP) is 14.6. The molecule has 4 aromatic rings. The average Bonchev–Trinajstić information content (AvgIpc) is 3.77. The van der Waals surface area contributed by atoms with Crippen LogP contribution in [0, 0.1) is 0 Å². The third-order valence-electron chi connectivity index (χ3n) is 9.53. The fraction of sp³-hybridized carbons (Fsp3) is 0.480. The van der Waals surface area contributed by atoms with Crippen LogP contribution in [0.25, 0.3) is 4.65 Å². The summed E-state index contributed by atoms with van der Waals surface area (Å²) < 4.78 is 85.6. The van der Waals surface area contributed by atoms with Gasteiger partial charge in [-0.3, -0.25) is 9.98 Å². The molecule has 0 saturated carbocycles. The molecular formula is C50H68F6N3O3Si2Y. The zero-order chi connectivity index (χ0) is 48.8. The van der Waals surface area contributed by atoms with Gasteiger partial charge in [0.2, 0.25) is 0 Å². The maximum absolute atomic E-state index is 12.6. The van der Waals surface area contributed by atoms with Crippen LogP contribution in [-0.2, 0) is 49.8 Å². The van der Waals surface area contributed by atoms with Crippen LogP contribution in [-0.4, -0.2) is 41.5 Å². The van der Waals surface area contributed by atoms with Gasteiger partial charge in [-0.25, -0.2) is 0 Å². The molecule has 0 N–H and O–H groups in total. The van der Waals surface area contributed by atoms with Crippen molar-refractivity contribution in [1.29, 1.82) is 0 Å². The second-order valence-electron chi connectivity index (χ2n) is 18.9. The van der Waals surface area contributed by atoms with E-state index in [2.05, 4.69) is 49.3 Å². The Morgan fingerprint density at radius 3 is 0.938 bits per heavy atom. The number of para-hydroxylation sites is 2. The minimum absolute atomic E-state index is 0. The summed E-state index contributed by atoms with van der Waals surface area (Å²) in [5.74, 6) is -0.362. The SMILES string of the molecule is C1CCOC1.CC(C)c1cccc(C(C)C)c1N=C([O-])c1ccc(C(F)(F)F)cc1.CC(C)c1cccc(C(C)C)c1N=C([O-])c1ccc(C(F)(F)F)cc1.C[Si](C)(C)[N-][Si](C)(C)C.[Y+3]. The first-order valence-electron chi connectivity index (χ1n) is 21.9. The predicted molar refractivity (Wildman–Crippen MR) is 255 cm³/mol. The summed E-state index contributed by atoms with van der Waals surface area (Å²) in [6.45, 7) is 31.9. The normalized spacial score (nSPS) is 13.7. The zero-order valence-corrected chi connectivity index (χ0v) is 45.5. The van der Waals surface area contributed by atoms with Gasteiger partial charge in [-0.15, -0.1) is 0 Å². The Hall–Kier alpha value is -3.14. The molecule has 65 heavy (non-hydrogen) atoms. The van der Waals surface area contributed by atoms with Crippen LogP contribution in [0.5, 0.6) is 0 Å². The molecule has 1 heterocycles. The molecule has 0 radical (unpaired) electrons. The molecule has 15 heteroatoms. The van der Waals surface area contributed by atoms with E-state index >= 15 is 0 Å². The van der Waals surface area contributed by atoms with E-state index < -0.39 is 51.7 Å². The summed E-state index contributed by atoms with van der Waals surface area (Å²) in [7, 11) is -2.21. The summed E-state index contributed by atoms with van der Waals surface area (Å²) in [5, 5.41) is 25.0. The van der Waals surface area contributed by atoms with Crippen molar-refractivity contribution < 1.29 is 74.0 Å². The monoisotopic (exact) mass is 1020 g/mol. The van der Waals surface area contributed by atoms with Gasteiger partial charge in [0.05, 0.1) is 22.5 Å². The van der Waals surface area contributed by atoms with Crippen molar-refractivity contribution in [2.75, 3.05) is 13.2 Å². The number of halogens is 6. The van der Waals surface area contributed by atoms with E-state index in [4.69, 9.17) is 9.38 Å². The van der Waals surface area contributed by atoms with Crippen LogP contribution in [0.15, 0.2) is 94.9 Å². The summed E-state index contributed by atoms with van der Waals surface area (Å²) in [6, 6.07) is 19.9. The van der Waals surface area contributed by atoms with E-state index in [9.17, 15) is 36.6 Å². The van der Waals surface area contributed by atoms with Crippen LogP contribution < -0.4 is 10.2 Å². The number of benzene rings is 4. The Balaban J connectivity index is 0.000000496. The molecule has 6 nitrogen and oxygen atoms in total. The maximum atomic E-state index is 12.6. The Kier molecular flexibility index (Phi) is 24.3. The molecule has 1 aliphatic heterocycles. The van der Waals surface area contributed by atoms with Crippen molar-refractivity contribution in [3.05, 3.63) is 134 Å². The van der Waals surface area contributed by atoms with Crippen molar-refractivity contribution in [1.82, 2.24) is 0 Å². The number of rotatable bonds is 10. The minimum Gasteiger partial charge on any atom is -0.858 e. The van der Waals surface area contributed by atoms with E-state index in [-0.39, 0.29) is 67.5 Å². The quantitative estimate of drug-likeness (QED) is 0.0685. The van der Waals surface area contributed by atoms with E-state index in [1.54, 1.807) is 0 Å². The number of hydrogen-bond donors (Lipinski definition) is 0. The molecule has 0 unspecified atom stereocenters. The van der Waals surface area contributed by atoms with Gasteiger partial charge < -0.3 is 19.6 Å². The minimum atomic E-state index is -4.42. The van der Waals surface area contributed by atoms with Crippen LogP contribution in [0.2, 0.25) is 39.3 Å². The van der Waals surface area contributed by atoms with E-state index in [1.165, 1.54) is 37.1 Å². The molecule has 0 atom stereocenters. The summed E-state index contributed by atoms with van der Waals surface area (Å²) in [4.78, 5) is 8.49. The molecule has 5 rings (SSSR count). The summed E-state index contributed by atoms with van der Waals surface area (Å²) >= 11 is 0. The van der Waals surface area contributed by atoms with E-state index in [0.29, 0.717) is 11.4 Å². The maximum Gasteiger partial charge on any atom is 3.00 e. The van der Waals surface area contributed by atoms with Gasteiger partial charge in [-0.1, -0.05) is 172 Å². The molecular weight excluding hydrogens is 950 g/mol. The Labute approximate surface area is 411 Å². The number of hydrogen-bond acceptors (Lipinski definition) is 5. The molecule has 0 aromatic heterocycles. The average molecular weight is 1020 g/mol. The molecule has 0 aliphatic carbocycles. The van der Waals surface area contributed by atoms with Gasteiger partial charge in [-0.2, -0.15) is 26.3 Å². The number of ether oxygens (including phenoxy) is 1. The van der Waals surface area contributed by atoms with E-state index in [1.807, 2.05) is 91.8 Å². The van der Waals surface area contributed by atoms with Gasteiger partial charge in [0.1, 0.15) is 0 Å². The standard InChI is InChI=1S/2C20H22F3NO.C6H18NSi2.C4H8O.Y/c2*1-12(2)16-6-5-7-17(13(3)4)18(16)24-19(25)14-8-10-15(11-9-14)20(21,22)23;1-8(2,3)7-9(4,5)6;1-2-4-5-3-1;/h2*5-13H,1-4H3,(H,24,25);1-6H3;1-4H2;/q;;-1;;+3/p-2. The number of alkyl halides is 6. The number of aliphatic imine (C=N–C) groups is 2. The molecule has 1 saturated heterocycles. The molecule has 0 bridgehead atoms. The van der Waals surface area contributed by atoms with E-state index in [0.717, 1.165) is 59.7 Å². The third-order valence-corrected chi connectivity index (χ3v) is 14.9. The fourth-order valence-electron chi connectivity index (χ4n) is 6.73. The van der Waals surface area contributed by atoms with Crippen LogP contribution in [0.1, 0.15) is 136 Å². The van der Waals surface area contributed by atoms with Gasteiger partial charge in [-0.05, 0) is 106 Å². The first-order valence-corrected chi connectivity index (χ1v) is 28.8. The fourth-order valence-corrected chi connectivity index (χ4v) is 14.8. The van der Waals surface area contributed by atoms with Gasteiger partial charge >= 0.3 is 45.1 Å². The number of nitrogens with zero attached hydrogens (tertiary/aromatic N) is 3. The van der Waals surface area contributed by atoms with Crippen molar-refractivity contribution in [2.24, 2.45) is 9.98 Å². The first-order chi connectivity index (χ1) is 29.4. The van der Waals surface area contributed by atoms with Crippen molar-refractivity contribution in [3.63, 3.8) is 0 Å². The summed E-state index contributed by atoms with van der Waals surface area (Å²) in [6.07, 6.45) is -6.29. The Morgan fingerprint density at radius 2 is 0.769 bits per heavy atom. The van der Waals surface area contributed by atoms with Crippen molar-refractivity contribution in [3.8, 4) is 0 Å². The molecule has 4 aromatic carbocycles. The smallest absolute Gasteiger partial charge is 0.858 e. The molecule has 1 fully saturated rings. The van der Waals surface area contributed by atoms with Crippen LogP contribution in [0.4, 0.5) is 37.7 Å². The van der Waals surface area contributed by atoms with Crippen LogP contribution >= 0.6 is 0 Å². The van der Waals surface area contributed by atoms with Crippen molar-refractivity contribution in [2.45, 2.75) is 144 Å². The Bertz CT molecular complexity index is 1900. The van der Waals surface area contributed by atoms with Gasteiger partial charge in [0.15, 0.2) is 0 Å². The molecule has 354 valence electrons. The van der Waals surface area contributed by atoms with Crippen LogP contribution in [0.3, 0.4) is 0 Å². The topological polar surface area (TPSA) is 94.2 Å². The molecule has 0 spiro atoms. The van der Waals surface area contributed by atoms with Crippen molar-refractivity contribution >= 4 is 39.6 Å². The summed E-state index contributed by atoms with van der Waals surface area (Å²) in [5.41, 5.74) is 3.76. The zero-order valence-electron chi connectivity index (χ0n) is 40.6. The largest absolute Gasteiger partial charge is 3.00 e. The van der Waals surface area contributed by atoms with Gasteiger partial charge in [0, 0.05) is 13.2 Å². The second kappa shape index (κ2) is 26.4. The molecule has 0 amide bonds. The first kappa shape index (κ1) is 59.9.